The number of anilines is 2. The van der Waals surface area contributed by atoms with E-state index in [1.165, 1.54) is 17.8 Å². The second kappa shape index (κ2) is 7.32. The average Bonchev–Trinajstić information content (AvgIpc) is 2.90. The fourth-order valence-corrected chi connectivity index (χ4v) is 3.55. The fraction of sp³-hybridized carbons (Fsp3) is 0.188. The lowest BCUT2D eigenvalue weighted by molar-refractivity contribution is 0.0491. The van der Waals surface area contributed by atoms with E-state index < -0.39 is 5.97 Å². The number of hydrogen-bond acceptors (Lipinski definition) is 8. The quantitative estimate of drug-likeness (QED) is 0.363. The number of esters is 1. The van der Waals surface area contributed by atoms with Crippen molar-refractivity contribution in [2.24, 2.45) is 0 Å². The van der Waals surface area contributed by atoms with Crippen LogP contribution in [-0.2, 0) is 10.5 Å². The second-order valence-electron chi connectivity index (χ2n) is 5.06. The van der Waals surface area contributed by atoms with E-state index in [2.05, 4.69) is 25.9 Å². The molecular weight excluding hydrogens is 408 g/mol. The lowest BCUT2D eigenvalue weighted by Crippen LogP contribution is -2.06. The number of aromatic nitrogens is 2. The number of halogens is 1. The third kappa shape index (κ3) is 3.88. The first-order valence-corrected chi connectivity index (χ1v) is 9.16. The highest BCUT2D eigenvalue weighted by Crippen LogP contribution is 2.33. The van der Waals surface area contributed by atoms with Crippen LogP contribution >= 0.6 is 27.7 Å². The highest BCUT2D eigenvalue weighted by atomic mass is 79.9. The van der Waals surface area contributed by atoms with Crippen molar-refractivity contribution in [3.8, 4) is 0 Å². The first-order valence-electron chi connectivity index (χ1n) is 7.38. The fourth-order valence-electron chi connectivity index (χ4n) is 2.29. The number of furan rings is 1. The molecule has 3 aromatic rings. The maximum atomic E-state index is 12.2. The van der Waals surface area contributed by atoms with Crippen LogP contribution in [0, 0.1) is 0 Å². The minimum atomic E-state index is -0.501. The Morgan fingerprint density at radius 3 is 2.68 bits per heavy atom. The molecule has 0 aliphatic heterocycles. The number of fused-ring (bicyclic) bond motifs is 1. The largest absolute Gasteiger partial charge is 0.460 e. The van der Waals surface area contributed by atoms with Crippen molar-refractivity contribution in [2.75, 3.05) is 18.1 Å². The van der Waals surface area contributed by atoms with Gasteiger partial charge in [-0.3, -0.25) is 0 Å². The molecule has 0 radical (unpaired) electrons. The molecule has 3 rings (SSSR count). The molecule has 0 saturated carbocycles. The number of ether oxygens (including phenoxy) is 1. The van der Waals surface area contributed by atoms with Crippen LogP contribution in [0.4, 0.5) is 11.6 Å². The average molecular weight is 423 g/mol. The van der Waals surface area contributed by atoms with Gasteiger partial charge in [-0.05, 0) is 25.1 Å². The molecule has 0 amide bonds. The number of nitrogen functional groups attached to an aromatic ring is 2. The summed E-state index contributed by atoms with van der Waals surface area (Å²) < 4.78 is 11.7. The van der Waals surface area contributed by atoms with Gasteiger partial charge in [0.2, 0.25) is 5.76 Å². The molecule has 0 aliphatic carbocycles. The predicted octanol–water partition coefficient (Wildman–Crippen LogP) is 3.62. The third-order valence-electron chi connectivity index (χ3n) is 3.30. The van der Waals surface area contributed by atoms with Crippen molar-refractivity contribution in [3.05, 3.63) is 40.1 Å². The molecule has 0 bridgehead atoms. The summed E-state index contributed by atoms with van der Waals surface area (Å²) in [5.41, 5.74) is 12.7. The van der Waals surface area contributed by atoms with E-state index in [0.717, 1.165) is 9.86 Å². The number of hydrogen-bond donors (Lipinski definition) is 2. The van der Waals surface area contributed by atoms with Gasteiger partial charge >= 0.3 is 5.97 Å². The number of rotatable bonds is 5. The molecule has 2 heterocycles. The summed E-state index contributed by atoms with van der Waals surface area (Å²) >= 11 is 4.75. The molecule has 0 fully saturated rings. The Kier molecular flexibility index (Phi) is 5.14. The second-order valence-corrected chi connectivity index (χ2v) is 6.92. The van der Waals surface area contributed by atoms with E-state index in [9.17, 15) is 4.79 Å². The van der Waals surface area contributed by atoms with Gasteiger partial charge in [0.25, 0.3) is 0 Å². The molecule has 0 unspecified atom stereocenters. The van der Waals surface area contributed by atoms with Crippen LogP contribution in [0.5, 0.6) is 0 Å². The minimum absolute atomic E-state index is 0.180. The summed E-state index contributed by atoms with van der Waals surface area (Å²) in [6.45, 7) is 2.01. The Morgan fingerprint density at radius 2 is 2.00 bits per heavy atom. The lowest BCUT2D eigenvalue weighted by Gasteiger charge is -2.04. The number of carbonyl (C=O) groups excluding carboxylic acids is 1. The number of thioether (sulfide) groups is 1. The zero-order valence-corrected chi connectivity index (χ0v) is 15.7. The van der Waals surface area contributed by atoms with Gasteiger partial charge in [-0.2, -0.15) is 0 Å². The Balaban J connectivity index is 1.98. The van der Waals surface area contributed by atoms with Crippen LogP contribution in [0.3, 0.4) is 0 Å². The Labute approximate surface area is 156 Å². The van der Waals surface area contributed by atoms with E-state index in [0.29, 0.717) is 33.7 Å². The smallest absolute Gasteiger partial charge is 0.374 e. The van der Waals surface area contributed by atoms with Crippen LogP contribution in [-0.4, -0.2) is 22.5 Å². The van der Waals surface area contributed by atoms with Crippen LogP contribution < -0.4 is 11.5 Å². The number of nitrogens with zero attached hydrogens (tertiary/aromatic N) is 2. The molecule has 4 N–H and O–H groups in total. The lowest BCUT2D eigenvalue weighted by atomic mass is 10.1. The van der Waals surface area contributed by atoms with Gasteiger partial charge in [-0.15, -0.1) is 0 Å². The van der Waals surface area contributed by atoms with Crippen LogP contribution in [0.15, 0.2) is 38.3 Å². The molecule has 0 saturated heterocycles. The molecule has 0 aliphatic rings. The van der Waals surface area contributed by atoms with Gasteiger partial charge in [-0.25, -0.2) is 14.8 Å². The van der Waals surface area contributed by atoms with Crippen molar-refractivity contribution in [2.45, 2.75) is 17.8 Å². The summed E-state index contributed by atoms with van der Waals surface area (Å²) in [6, 6.07) is 7.02. The van der Waals surface area contributed by atoms with Gasteiger partial charge in [-0.1, -0.05) is 27.7 Å². The molecule has 9 heteroatoms. The molecule has 7 nitrogen and oxygen atoms in total. The van der Waals surface area contributed by atoms with Crippen LogP contribution in [0.25, 0.3) is 11.0 Å². The molecule has 0 spiro atoms. The van der Waals surface area contributed by atoms with E-state index in [1.54, 1.807) is 13.0 Å². The van der Waals surface area contributed by atoms with Gasteiger partial charge in [0, 0.05) is 27.2 Å². The third-order valence-corrected chi connectivity index (χ3v) is 4.67. The SMILES string of the molecule is CCOC(=O)c1oc2ccc(Br)cc2c1CSc1nc(N)cc(N)n1. The normalized spacial score (nSPS) is 11.0. The van der Waals surface area contributed by atoms with E-state index in [4.69, 9.17) is 20.6 Å². The Morgan fingerprint density at radius 1 is 1.28 bits per heavy atom. The maximum absolute atomic E-state index is 12.2. The van der Waals surface area contributed by atoms with Crippen LogP contribution in [0.2, 0.25) is 0 Å². The zero-order chi connectivity index (χ0) is 18.0. The van der Waals surface area contributed by atoms with Gasteiger partial charge in [0.15, 0.2) is 5.16 Å². The number of carbonyl (C=O) groups is 1. The van der Waals surface area contributed by atoms with E-state index >= 15 is 0 Å². The predicted molar refractivity (Wildman–Crippen MR) is 100 cm³/mol. The van der Waals surface area contributed by atoms with Crippen molar-refractivity contribution in [1.29, 1.82) is 0 Å². The summed E-state index contributed by atoms with van der Waals surface area (Å²) in [4.78, 5) is 20.5. The summed E-state index contributed by atoms with van der Waals surface area (Å²) in [6.07, 6.45) is 0. The first kappa shape index (κ1) is 17.6. The first-order chi connectivity index (χ1) is 12.0. The molecule has 2 aromatic heterocycles. The number of nitrogens with two attached hydrogens (primary N) is 2. The van der Waals surface area contributed by atoms with Gasteiger partial charge in [0.1, 0.15) is 17.2 Å². The molecular formula is C16H15BrN4O3S. The highest BCUT2D eigenvalue weighted by Gasteiger charge is 2.22. The van der Waals surface area contributed by atoms with E-state index in [1.807, 2.05) is 12.1 Å². The maximum Gasteiger partial charge on any atom is 0.374 e. The minimum Gasteiger partial charge on any atom is -0.460 e. The summed E-state index contributed by atoms with van der Waals surface area (Å²) in [5, 5.41) is 1.25. The Bertz CT molecular complexity index is 924. The molecule has 1 aromatic carbocycles. The van der Waals surface area contributed by atoms with Gasteiger partial charge in [0.05, 0.1) is 6.61 Å². The van der Waals surface area contributed by atoms with Crippen molar-refractivity contribution in [3.63, 3.8) is 0 Å². The molecule has 130 valence electrons. The van der Waals surface area contributed by atoms with Crippen LogP contribution in [0.1, 0.15) is 23.0 Å². The van der Waals surface area contributed by atoms with Gasteiger partial charge < -0.3 is 20.6 Å². The molecule has 25 heavy (non-hydrogen) atoms. The van der Waals surface area contributed by atoms with Crippen molar-refractivity contribution >= 4 is 56.3 Å². The van der Waals surface area contributed by atoms with E-state index in [-0.39, 0.29) is 12.4 Å². The summed E-state index contributed by atoms with van der Waals surface area (Å²) in [7, 11) is 0. The summed E-state index contributed by atoms with van der Waals surface area (Å²) in [5.74, 6) is 0.666. The van der Waals surface area contributed by atoms with Crippen molar-refractivity contribution in [1.82, 2.24) is 9.97 Å². The monoisotopic (exact) mass is 422 g/mol. The van der Waals surface area contributed by atoms with Crippen molar-refractivity contribution < 1.29 is 13.9 Å². The number of benzene rings is 1. The standard InChI is InChI=1S/C16H15BrN4O3S/c1-2-23-15(22)14-10(9-5-8(17)3-4-11(9)24-14)7-25-16-20-12(18)6-13(19)21-16/h3-6H,2,7H2,1H3,(H4,18,19,20,21). The molecule has 0 atom stereocenters. The Hall–Kier alpha value is -2.26. The highest BCUT2D eigenvalue weighted by molar-refractivity contribution is 9.10. The topological polar surface area (TPSA) is 117 Å². The zero-order valence-electron chi connectivity index (χ0n) is 13.3.